The summed E-state index contributed by atoms with van der Waals surface area (Å²) >= 11 is 0. The van der Waals surface area contributed by atoms with Gasteiger partial charge in [-0.1, -0.05) is 25.0 Å². The van der Waals surface area contributed by atoms with Crippen LogP contribution in [0.4, 0.5) is 4.79 Å². The molecule has 5 rings (SSSR count). The molecule has 3 amide bonds. The fraction of sp³-hybridized carbons (Fsp3) is 0.606. The molecule has 0 radical (unpaired) electrons. The molecule has 1 aromatic carbocycles. The van der Waals surface area contributed by atoms with E-state index in [9.17, 15) is 19.2 Å². The lowest BCUT2D eigenvalue weighted by molar-refractivity contribution is -0.150. The fourth-order valence-corrected chi connectivity index (χ4v) is 6.20. The molecule has 0 unspecified atom stereocenters. The Balaban J connectivity index is 1.45. The highest BCUT2D eigenvalue weighted by molar-refractivity contribution is 5.96. The number of rotatable bonds is 6. The van der Waals surface area contributed by atoms with Crippen molar-refractivity contribution in [3.63, 3.8) is 0 Å². The second kappa shape index (κ2) is 14.1. The Morgan fingerprint density at radius 2 is 1.89 bits per heavy atom. The van der Waals surface area contributed by atoms with Gasteiger partial charge in [-0.25, -0.2) is 9.59 Å². The van der Waals surface area contributed by atoms with E-state index in [1.807, 2.05) is 12.2 Å². The van der Waals surface area contributed by atoms with Crippen molar-refractivity contribution < 1.29 is 33.4 Å². The summed E-state index contributed by atoms with van der Waals surface area (Å²) in [5.41, 5.74) is -1.29. The lowest BCUT2D eigenvalue weighted by Crippen LogP contribution is -2.56. The number of benzene rings is 1. The van der Waals surface area contributed by atoms with Crippen molar-refractivity contribution >= 4 is 23.9 Å². The van der Waals surface area contributed by atoms with Gasteiger partial charge in [-0.3, -0.25) is 9.59 Å². The molecule has 0 bridgehead atoms. The third kappa shape index (κ3) is 7.91. The second-order valence-electron chi connectivity index (χ2n) is 13.3. The van der Waals surface area contributed by atoms with Crippen molar-refractivity contribution in [2.24, 2.45) is 5.92 Å². The molecule has 14 heteroatoms. The average molecular weight is 652 g/mol. The number of nitrogens with zero attached hydrogens (tertiary/aromatic N) is 5. The number of ether oxygens (including phenoxy) is 3. The Hall–Kier alpha value is -4.49. The highest BCUT2D eigenvalue weighted by Gasteiger charge is 2.62. The molecule has 3 heterocycles. The number of aromatic nitrogens is 4. The quantitative estimate of drug-likeness (QED) is 0.350. The average Bonchev–Trinajstić information content (AvgIpc) is 3.34. The van der Waals surface area contributed by atoms with Crippen LogP contribution >= 0.6 is 0 Å². The van der Waals surface area contributed by atoms with Crippen LogP contribution in [0, 0.1) is 5.92 Å². The predicted molar refractivity (Wildman–Crippen MR) is 170 cm³/mol. The normalized spacial score (nSPS) is 27.3. The highest BCUT2D eigenvalue weighted by Crippen LogP contribution is 2.46. The number of amides is 3. The maximum Gasteiger partial charge on any atom is 0.408 e. The van der Waals surface area contributed by atoms with E-state index < -0.39 is 53.0 Å². The van der Waals surface area contributed by atoms with E-state index in [0.717, 1.165) is 19.3 Å². The minimum Gasteiger partial charge on any atom is -0.497 e. The summed E-state index contributed by atoms with van der Waals surface area (Å²) < 4.78 is 16.1. The molecule has 2 fully saturated rings. The van der Waals surface area contributed by atoms with Gasteiger partial charge in [0.15, 0.2) is 5.82 Å². The zero-order chi connectivity index (χ0) is 33.8. The molecule has 14 nitrogen and oxygen atoms in total. The van der Waals surface area contributed by atoms with Gasteiger partial charge in [0.1, 0.15) is 29.0 Å². The van der Waals surface area contributed by atoms with Crippen LogP contribution in [0.5, 0.6) is 5.75 Å². The summed E-state index contributed by atoms with van der Waals surface area (Å²) in [4.78, 5) is 57.2. The van der Waals surface area contributed by atoms with E-state index in [2.05, 4.69) is 26.0 Å². The van der Waals surface area contributed by atoms with Crippen LogP contribution in [-0.4, -0.2) is 92.5 Å². The molecule has 1 aliphatic carbocycles. The van der Waals surface area contributed by atoms with Gasteiger partial charge in [-0.05, 0) is 89.3 Å². The van der Waals surface area contributed by atoms with E-state index in [1.165, 1.54) is 9.70 Å². The van der Waals surface area contributed by atoms with Crippen LogP contribution < -0.4 is 15.4 Å². The summed E-state index contributed by atoms with van der Waals surface area (Å²) in [7, 11) is 1.58. The maximum absolute atomic E-state index is 14.3. The molecule has 1 saturated heterocycles. The number of nitrogens with one attached hydrogen (secondary N) is 2. The van der Waals surface area contributed by atoms with Gasteiger partial charge >= 0.3 is 12.1 Å². The van der Waals surface area contributed by atoms with Gasteiger partial charge in [0.25, 0.3) is 0 Å². The zero-order valence-corrected chi connectivity index (χ0v) is 27.7. The standard InChI is InChI=1S/C33H45N7O7/c1-6-46-30(43)33-19-22(33)12-10-8-7-9-11-13-25(34-31(44)47-32(2,3)4)29(42)39-20-21(18-26(39)28(41)35-33)27-36-38-40(37-27)23-14-16-24(45-5)17-15-23/h10,12,14-17,21-22,25-26H,6-9,11,13,18-20H2,1-5H3,(H,34,44)(H,35,41)/b12-10-/t21-,22-,25+,26+,33-/m1/s1. The van der Waals surface area contributed by atoms with Crippen molar-refractivity contribution in [1.29, 1.82) is 0 Å². The number of carbonyl (C=O) groups is 4. The van der Waals surface area contributed by atoms with Gasteiger partial charge < -0.3 is 29.7 Å². The summed E-state index contributed by atoms with van der Waals surface area (Å²) in [5.74, 6) is -0.964. The largest absolute Gasteiger partial charge is 0.497 e. The van der Waals surface area contributed by atoms with Crippen molar-refractivity contribution in [3.8, 4) is 11.4 Å². The number of methoxy groups -OCH3 is 1. The first-order chi connectivity index (χ1) is 22.4. The number of allylic oxidation sites excluding steroid dienone is 1. The van der Waals surface area contributed by atoms with Crippen LogP contribution in [0.25, 0.3) is 5.69 Å². The molecule has 2 aliphatic heterocycles. The zero-order valence-electron chi connectivity index (χ0n) is 27.7. The lowest BCUT2D eigenvalue weighted by atomic mass is 10.0. The summed E-state index contributed by atoms with van der Waals surface area (Å²) in [5, 5.41) is 18.8. The third-order valence-corrected chi connectivity index (χ3v) is 8.71. The Kier molecular flexibility index (Phi) is 10.2. The molecule has 1 saturated carbocycles. The molecule has 3 aliphatic rings. The van der Waals surface area contributed by atoms with Crippen molar-refractivity contribution in [2.75, 3.05) is 20.3 Å². The van der Waals surface area contributed by atoms with E-state index in [1.54, 1.807) is 59.1 Å². The number of alkyl carbamates (subject to hydrolysis) is 1. The first-order valence-corrected chi connectivity index (χ1v) is 16.3. The number of fused-ring (bicyclic) bond motifs is 2. The van der Waals surface area contributed by atoms with E-state index in [4.69, 9.17) is 14.2 Å². The van der Waals surface area contributed by atoms with Gasteiger partial charge in [0, 0.05) is 18.4 Å². The first kappa shape index (κ1) is 33.9. The van der Waals surface area contributed by atoms with Crippen molar-refractivity contribution in [2.45, 2.75) is 102 Å². The summed E-state index contributed by atoms with van der Waals surface area (Å²) in [6, 6.07) is 5.28. The van der Waals surface area contributed by atoms with Crippen LogP contribution in [0.15, 0.2) is 36.4 Å². The van der Waals surface area contributed by atoms with E-state index >= 15 is 0 Å². The summed E-state index contributed by atoms with van der Waals surface area (Å²) in [6.07, 6.45) is 7.48. The van der Waals surface area contributed by atoms with Crippen molar-refractivity contribution in [3.05, 3.63) is 42.2 Å². The molecule has 0 spiro atoms. The number of hydrogen-bond acceptors (Lipinski definition) is 10. The Morgan fingerprint density at radius 3 is 2.60 bits per heavy atom. The Labute approximate surface area is 274 Å². The SMILES string of the molecule is CCOC(=O)[C@@]12C[C@H]1/C=C\CCCCC[C@H](NC(=O)OC(C)(C)C)C(=O)N1C[C@H](c3nnn(-c4ccc(OC)cc4)n3)C[C@H]1C(=O)N2. The third-order valence-electron chi connectivity index (χ3n) is 8.71. The molecule has 2 aromatic rings. The van der Waals surface area contributed by atoms with Crippen LogP contribution in [0.2, 0.25) is 0 Å². The maximum atomic E-state index is 14.3. The predicted octanol–water partition coefficient (Wildman–Crippen LogP) is 3.21. The number of esters is 1. The van der Waals surface area contributed by atoms with Gasteiger partial charge in [0.05, 0.1) is 19.4 Å². The molecular formula is C33H45N7O7. The van der Waals surface area contributed by atoms with Crippen LogP contribution in [-0.2, 0) is 23.9 Å². The summed E-state index contributed by atoms with van der Waals surface area (Å²) in [6.45, 7) is 7.27. The monoisotopic (exact) mass is 651 g/mol. The van der Waals surface area contributed by atoms with Gasteiger partial charge in [-0.15, -0.1) is 15.0 Å². The smallest absolute Gasteiger partial charge is 0.408 e. The molecule has 2 N–H and O–H groups in total. The molecule has 254 valence electrons. The number of tetrazole rings is 1. The lowest BCUT2D eigenvalue weighted by Gasteiger charge is -2.30. The van der Waals surface area contributed by atoms with Crippen LogP contribution in [0.1, 0.15) is 84.4 Å². The minimum absolute atomic E-state index is 0.119. The first-order valence-electron chi connectivity index (χ1n) is 16.3. The minimum atomic E-state index is -1.19. The Morgan fingerprint density at radius 1 is 1.13 bits per heavy atom. The van der Waals surface area contributed by atoms with Crippen molar-refractivity contribution in [1.82, 2.24) is 35.7 Å². The topological polar surface area (TPSA) is 167 Å². The van der Waals surface area contributed by atoms with Crippen LogP contribution in [0.3, 0.4) is 0 Å². The highest BCUT2D eigenvalue weighted by atomic mass is 16.6. The second-order valence-corrected chi connectivity index (χ2v) is 13.3. The van der Waals surface area contributed by atoms with E-state index in [0.29, 0.717) is 36.5 Å². The Bertz CT molecular complexity index is 1480. The number of hydrogen-bond donors (Lipinski definition) is 2. The molecular weight excluding hydrogens is 606 g/mol. The van der Waals surface area contributed by atoms with Gasteiger partial charge in [-0.2, -0.15) is 0 Å². The van der Waals surface area contributed by atoms with Gasteiger partial charge in [0.2, 0.25) is 11.8 Å². The molecule has 1 aromatic heterocycles. The fourth-order valence-electron chi connectivity index (χ4n) is 6.20. The van der Waals surface area contributed by atoms with E-state index in [-0.39, 0.29) is 25.5 Å². The molecule has 5 atom stereocenters. The number of carbonyl (C=O) groups excluding carboxylic acids is 4. The molecule has 47 heavy (non-hydrogen) atoms.